The van der Waals surface area contributed by atoms with Crippen molar-refractivity contribution in [2.45, 2.75) is 6.36 Å². The molecule has 1 aromatic rings. The molecule has 0 fully saturated rings. The average molecular weight is 251 g/mol. The molecule has 86 valence electrons. The predicted molar refractivity (Wildman–Crippen MR) is 52.7 cm³/mol. The quantitative estimate of drug-likeness (QED) is 0.605. The summed E-state index contributed by atoms with van der Waals surface area (Å²) in [5.41, 5.74) is 0.148. The van der Waals surface area contributed by atoms with Gasteiger partial charge < -0.3 is 4.74 Å². The van der Waals surface area contributed by atoms with E-state index in [0.717, 1.165) is 18.2 Å². The van der Waals surface area contributed by atoms with Crippen LogP contribution in [-0.4, -0.2) is 12.1 Å². The first-order chi connectivity index (χ1) is 7.33. The Morgan fingerprint density at radius 2 is 2.06 bits per heavy atom. The Morgan fingerprint density at radius 3 is 2.50 bits per heavy atom. The highest BCUT2D eigenvalue weighted by Gasteiger charge is 2.32. The second kappa shape index (κ2) is 4.57. The van der Waals surface area contributed by atoms with Gasteiger partial charge in [-0.2, -0.15) is 0 Å². The van der Waals surface area contributed by atoms with Crippen molar-refractivity contribution in [3.05, 3.63) is 41.4 Å². The minimum absolute atomic E-state index is 0.148. The lowest BCUT2D eigenvalue weighted by molar-refractivity contribution is -0.274. The van der Waals surface area contributed by atoms with Crippen LogP contribution in [-0.2, 0) is 0 Å². The second-order valence-electron chi connectivity index (χ2n) is 2.76. The first kappa shape index (κ1) is 12.6. The molecule has 0 aliphatic heterocycles. The highest BCUT2D eigenvalue weighted by Crippen LogP contribution is 2.30. The van der Waals surface area contributed by atoms with Crippen LogP contribution < -0.4 is 4.74 Å². The lowest BCUT2D eigenvalue weighted by Crippen LogP contribution is -2.17. The number of alkyl halides is 3. The summed E-state index contributed by atoms with van der Waals surface area (Å²) in [6.07, 6.45) is -3.77. The zero-order valence-corrected chi connectivity index (χ0v) is 8.60. The summed E-state index contributed by atoms with van der Waals surface area (Å²) in [6.45, 7) is 3.24. The molecule has 0 unspecified atom stereocenters. The van der Waals surface area contributed by atoms with Gasteiger partial charge in [0.1, 0.15) is 5.75 Å². The molecule has 0 bridgehead atoms. The molecule has 0 heterocycles. The summed E-state index contributed by atoms with van der Waals surface area (Å²) in [5, 5.41) is -0.287. The number of ether oxygens (including phenoxy) is 1. The minimum Gasteiger partial charge on any atom is -0.404 e. The number of ketones is 1. The van der Waals surface area contributed by atoms with Crippen molar-refractivity contribution in [2.24, 2.45) is 0 Å². The molecule has 0 aromatic heterocycles. The minimum atomic E-state index is -4.81. The van der Waals surface area contributed by atoms with E-state index in [1.807, 2.05) is 0 Å². The molecular formula is C10H6ClF3O2. The summed E-state index contributed by atoms with van der Waals surface area (Å²) in [6, 6.07) is 3.25. The molecule has 0 atom stereocenters. The van der Waals surface area contributed by atoms with E-state index in [2.05, 4.69) is 11.3 Å². The average Bonchev–Trinajstić information content (AvgIpc) is 2.18. The zero-order valence-electron chi connectivity index (χ0n) is 7.84. The largest absolute Gasteiger partial charge is 0.573 e. The van der Waals surface area contributed by atoms with E-state index in [4.69, 9.17) is 11.6 Å². The molecule has 1 rings (SSSR count). The Morgan fingerprint density at radius 1 is 1.44 bits per heavy atom. The Balaban J connectivity index is 3.00. The summed E-state index contributed by atoms with van der Waals surface area (Å²) in [7, 11) is 0. The van der Waals surface area contributed by atoms with Crippen molar-refractivity contribution in [1.82, 2.24) is 0 Å². The third-order valence-electron chi connectivity index (χ3n) is 1.63. The zero-order chi connectivity index (χ0) is 12.3. The molecule has 0 aliphatic rings. The number of carbonyl (C=O) groups excluding carboxylic acids is 1. The van der Waals surface area contributed by atoms with Crippen LogP contribution in [0.2, 0.25) is 5.02 Å². The van der Waals surface area contributed by atoms with Gasteiger partial charge in [-0.1, -0.05) is 18.2 Å². The molecule has 0 spiro atoms. The topological polar surface area (TPSA) is 26.3 Å². The molecule has 0 amide bonds. The van der Waals surface area contributed by atoms with Gasteiger partial charge in [-0.3, -0.25) is 4.79 Å². The first-order valence-corrected chi connectivity index (χ1v) is 4.43. The van der Waals surface area contributed by atoms with Gasteiger partial charge in [-0.05, 0) is 24.3 Å². The van der Waals surface area contributed by atoms with Crippen molar-refractivity contribution >= 4 is 17.4 Å². The highest BCUT2D eigenvalue weighted by atomic mass is 35.5. The lowest BCUT2D eigenvalue weighted by atomic mass is 10.1. The van der Waals surface area contributed by atoms with Crippen LogP contribution in [0.5, 0.6) is 5.75 Å². The second-order valence-corrected chi connectivity index (χ2v) is 3.17. The summed E-state index contributed by atoms with van der Waals surface area (Å²) < 4.78 is 39.3. The standard InChI is InChI=1S/C10H6ClF3O2/c1-2-8(15)6-3-4-9(7(11)5-6)16-10(12,13)14/h2-5H,1H2. The van der Waals surface area contributed by atoms with E-state index in [-0.39, 0.29) is 10.6 Å². The Labute approximate surface area is 94.3 Å². The maximum atomic E-state index is 11.9. The SMILES string of the molecule is C=CC(=O)c1ccc(OC(F)(F)F)c(Cl)c1. The van der Waals surface area contributed by atoms with Gasteiger partial charge in [0.05, 0.1) is 5.02 Å². The molecule has 0 saturated heterocycles. The normalized spacial score (nSPS) is 11.0. The van der Waals surface area contributed by atoms with Crippen LogP contribution in [0.15, 0.2) is 30.9 Å². The highest BCUT2D eigenvalue weighted by molar-refractivity contribution is 6.32. The molecule has 0 aliphatic carbocycles. The van der Waals surface area contributed by atoms with E-state index < -0.39 is 17.9 Å². The van der Waals surface area contributed by atoms with Crippen molar-refractivity contribution in [2.75, 3.05) is 0 Å². The smallest absolute Gasteiger partial charge is 0.404 e. The molecule has 0 radical (unpaired) electrons. The Bertz CT molecular complexity index is 427. The fourth-order valence-electron chi connectivity index (χ4n) is 0.979. The Kier molecular flexibility index (Phi) is 3.59. The van der Waals surface area contributed by atoms with Crippen molar-refractivity contribution < 1.29 is 22.7 Å². The third kappa shape index (κ3) is 3.27. The molecule has 0 N–H and O–H groups in total. The Hall–Kier alpha value is -1.49. The summed E-state index contributed by atoms with van der Waals surface area (Å²) in [5.74, 6) is -0.977. The van der Waals surface area contributed by atoms with Gasteiger partial charge >= 0.3 is 6.36 Å². The van der Waals surface area contributed by atoms with Crippen LogP contribution in [0.25, 0.3) is 0 Å². The monoisotopic (exact) mass is 250 g/mol. The number of carbonyl (C=O) groups is 1. The maximum absolute atomic E-state index is 11.9. The lowest BCUT2D eigenvalue weighted by Gasteiger charge is -2.10. The van der Waals surface area contributed by atoms with Gasteiger partial charge in [-0.15, -0.1) is 13.2 Å². The molecule has 6 heteroatoms. The first-order valence-electron chi connectivity index (χ1n) is 4.05. The van der Waals surface area contributed by atoms with Crippen LogP contribution in [0, 0.1) is 0 Å². The van der Waals surface area contributed by atoms with Gasteiger partial charge in [0.2, 0.25) is 0 Å². The van der Waals surface area contributed by atoms with E-state index in [1.54, 1.807) is 0 Å². The van der Waals surface area contributed by atoms with Crippen molar-refractivity contribution in [3.63, 3.8) is 0 Å². The summed E-state index contributed by atoms with van der Waals surface area (Å²) >= 11 is 5.52. The molecular weight excluding hydrogens is 245 g/mol. The fraction of sp³-hybridized carbons (Fsp3) is 0.100. The number of allylic oxidation sites excluding steroid dienone is 1. The van der Waals surface area contributed by atoms with Crippen LogP contribution in [0.3, 0.4) is 0 Å². The third-order valence-corrected chi connectivity index (χ3v) is 1.92. The van der Waals surface area contributed by atoms with E-state index in [1.165, 1.54) is 6.07 Å². The molecule has 16 heavy (non-hydrogen) atoms. The van der Waals surface area contributed by atoms with E-state index in [0.29, 0.717) is 0 Å². The molecule has 0 saturated carbocycles. The van der Waals surface area contributed by atoms with Crippen LogP contribution in [0.1, 0.15) is 10.4 Å². The molecule has 2 nitrogen and oxygen atoms in total. The number of hydrogen-bond acceptors (Lipinski definition) is 2. The summed E-state index contributed by atoms with van der Waals surface area (Å²) in [4.78, 5) is 11.1. The number of benzene rings is 1. The van der Waals surface area contributed by atoms with Crippen LogP contribution in [0.4, 0.5) is 13.2 Å². The van der Waals surface area contributed by atoms with Gasteiger partial charge in [0, 0.05) is 5.56 Å². The van der Waals surface area contributed by atoms with E-state index >= 15 is 0 Å². The number of hydrogen-bond donors (Lipinski definition) is 0. The number of halogens is 4. The number of rotatable bonds is 3. The van der Waals surface area contributed by atoms with Gasteiger partial charge in [0.25, 0.3) is 0 Å². The van der Waals surface area contributed by atoms with Crippen molar-refractivity contribution in [1.29, 1.82) is 0 Å². The van der Waals surface area contributed by atoms with Crippen LogP contribution >= 0.6 is 11.6 Å². The van der Waals surface area contributed by atoms with Gasteiger partial charge in [-0.25, -0.2) is 0 Å². The predicted octanol–water partition coefficient (Wildman–Crippen LogP) is 3.61. The maximum Gasteiger partial charge on any atom is 0.573 e. The van der Waals surface area contributed by atoms with E-state index in [9.17, 15) is 18.0 Å². The van der Waals surface area contributed by atoms with Gasteiger partial charge in [0.15, 0.2) is 5.78 Å². The molecule has 1 aromatic carbocycles. The van der Waals surface area contributed by atoms with Crippen molar-refractivity contribution in [3.8, 4) is 5.75 Å². The fourth-order valence-corrected chi connectivity index (χ4v) is 1.20.